The Morgan fingerprint density at radius 3 is 2.75 bits per heavy atom. The lowest BCUT2D eigenvalue weighted by Crippen LogP contribution is -2.13. The summed E-state index contributed by atoms with van der Waals surface area (Å²) in [6.07, 6.45) is 0. The normalized spacial score (nSPS) is 10.1. The molecule has 0 aliphatic rings. The largest absolute Gasteiger partial charge is 0.507 e. The first kappa shape index (κ1) is 14.4. The van der Waals surface area contributed by atoms with Crippen LogP contribution in [0.1, 0.15) is 10.4 Å². The lowest BCUT2D eigenvalue weighted by atomic mass is 10.2. The van der Waals surface area contributed by atoms with Crippen molar-refractivity contribution in [2.24, 2.45) is 0 Å². The summed E-state index contributed by atoms with van der Waals surface area (Å²) in [5.74, 6) is -0.0233. The minimum Gasteiger partial charge on any atom is -0.507 e. The summed E-state index contributed by atoms with van der Waals surface area (Å²) in [5.41, 5.74) is 6.89. The molecule has 0 fully saturated rings. The maximum atomic E-state index is 12.2. The Hall–Kier alpha value is -1.96. The van der Waals surface area contributed by atoms with Gasteiger partial charge in [0.1, 0.15) is 11.5 Å². The van der Waals surface area contributed by atoms with Gasteiger partial charge in [-0.25, -0.2) is 0 Å². The molecule has 5 nitrogen and oxygen atoms in total. The molecule has 104 valence electrons. The monoisotopic (exact) mass is 384 g/mol. The molecule has 0 saturated carbocycles. The molecule has 6 heteroatoms. The van der Waals surface area contributed by atoms with Gasteiger partial charge in [0.15, 0.2) is 0 Å². The minimum atomic E-state index is -0.413. The third-order valence-electron chi connectivity index (χ3n) is 2.68. The van der Waals surface area contributed by atoms with Crippen molar-refractivity contribution >= 4 is 39.9 Å². The number of carbonyl (C=O) groups excluding carboxylic acids is 1. The first-order valence-electron chi connectivity index (χ1n) is 5.74. The van der Waals surface area contributed by atoms with Gasteiger partial charge in [-0.1, -0.05) is 0 Å². The van der Waals surface area contributed by atoms with Crippen LogP contribution in [-0.2, 0) is 0 Å². The van der Waals surface area contributed by atoms with E-state index in [4.69, 9.17) is 10.5 Å². The molecule has 0 spiro atoms. The summed E-state index contributed by atoms with van der Waals surface area (Å²) >= 11 is 2.07. The van der Waals surface area contributed by atoms with Gasteiger partial charge in [0, 0.05) is 15.3 Å². The molecule has 0 heterocycles. The van der Waals surface area contributed by atoms with Gasteiger partial charge in [-0.3, -0.25) is 4.79 Å². The predicted octanol–water partition coefficient (Wildman–Crippen LogP) is 2.84. The van der Waals surface area contributed by atoms with Gasteiger partial charge in [-0.05, 0) is 52.9 Å². The molecule has 0 atom stereocenters. The van der Waals surface area contributed by atoms with E-state index in [-0.39, 0.29) is 11.3 Å². The molecule has 20 heavy (non-hydrogen) atoms. The predicted molar refractivity (Wildman–Crippen MR) is 86.2 cm³/mol. The van der Waals surface area contributed by atoms with E-state index in [1.165, 1.54) is 13.2 Å². The van der Waals surface area contributed by atoms with Crippen LogP contribution in [0.15, 0.2) is 36.4 Å². The second kappa shape index (κ2) is 6.00. The first-order valence-corrected chi connectivity index (χ1v) is 6.82. The SMILES string of the molecule is COc1cc(N)ccc1NC(=O)c1cc(I)ccc1O. The van der Waals surface area contributed by atoms with Gasteiger partial charge < -0.3 is 20.9 Å². The topological polar surface area (TPSA) is 84.6 Å². The van der Waals surface area contributed by atoms with Crippen molar-refractivity contribution in [1.82, 2.24) is 0 Å². The third kappa shape index (κ3) is 3.13. The molecule has 1 amide bonds. The maximum absolute atomic E-state index is 12.2. The molecule has 0 aliphatic carbocycles. The van der Waals surface area contributed by atoms with Crippen LogP contribution in [0.25, 0.3) is 0 Å². The van der Waals surface area contributed by atoms with E-state index in [0.717, 1.165) is 3.57 Å². The van der Waals surface area contributed by atoms with Crippen molar-refractivity contribution in [2.75, 3.05) is 18.2 Å². The number of halogens is 1. The summed E-state index contributed by atoms with van der Waals surface area (Å²) in [7, 11) is 1.49. The van der Waals surface area contributed by atoms with Gasteiger partial charge >= 0.3 is 0 Å². The molecule has 2 aromatic carbocycles. The number of amides is 1. The van der Waals surface area contributed by atoms with Gasteiger partial charge in [0.05, 0.1) is 18.4 Å². The van der Waals surface area contributed by atoms with Gasteiger partial charge in [-0.2, -0.15) is 0 Å². The Morgan fingerprint density at radius 2 is 2.05 bits per heavy atom. The standard InChI is InChI=1S/C14H13IN2O3/c1-20-13-7-9(16)3-4-11(13)17-14(19)10-6-8(15)2-5-12(10)18/h2-7,18H,16H2,1H3,(H,17,19). The molecule has 0 aliphatic heterocycles. The Balaban J connectivity index is 2.30. The zero-order valence-electron chi connectivity index (χ0n) is 10.7. The molecule has 4 N–H and O–H groups in total. The van der Waals surface area contributed by atoms with Gasteiger partial charge in [-0.15, -0.1) is 0 Å². The summed E-state index contributed by atoms with van der Waals surface area (Å²) in [4.78, 5) is 12.2. The lowest BCUT2D eigenvalue weighted by Gasteiger charge is -2.11. The van der Waals surface area contributed by atoms with Crippen molar-refractivity contribution in [1.29, 1.82) is 0 Å². The highest BCUT2D eigenvalue weighted by molar-refractivity contribution is 14.1. The van der Waals surface area contributed by atoms with Crippen LogP contribution >= 0.6 is 22.6 Å². The van der Waals surface area contributed by atoms with Crippen molar-refractivity contribution in [3.63, 3.8) is 0 Å². The molecule has 0 bridgehead atoms. The number of carbonyl (C=O) groups is 1. The molecule has 2 rings (SSSR count). The number of hydrogen-bond acceptors (Lipinski definition) is 4. The van der Waals surface area contributed by atoms with E-state index in [1.54, 1.807) is 30.3 Å². The zero-order valence-corrected chi connectivity index (χ0v) is 12.8. The van der Waals surface area contributed by atoms with Crippen molar-refractivity contribution in [2.45, 2.75) is 0 Å². The highest BCUT2D eigenvalue weighted by Crippen LogP contribution is 2.28. The molecular formula is C14H13IN2O3. The molecular weight excluding hydrogens is 371 g/mol. The van der Waals surface area contributed by atoms with E-state index >= 15 is 0 Å². The second-order valence-corrected chi connectivity index (χ2v) is 5.32. The van der Waals surface area contributed by atoms with Crippen LogP contribution in [0.3, 0.4) is 0 Å². The Labute approximate surface area is 129 Å². The summed E-state index contributed by atoms with van der Waals surface area (Å²) in [5, 5.41) is 12.4. The lowest BCUT2D eigenvalue weighted by molar-refractivity contribution is 0.102. The summed E-state index contributed by atoms with van der Waals surface area (Å²) in [6.45, 7) is 0. The Kier molecular flexibility index (Phi) is 4.33. The number of phenolic OH excluding ortho intramolecular Hbond substituents is 1. The maximum Gasteiger partial charge on any atom is 0.259 e. The average Bonchev–Trinajstić information content (AvgIpc) is 2.43. The van der Waals surface area contributed by atoms with Crippen LogP contribution in [0.2, 0.25) is 0 Å². The number of benzene rings is 2. The fourth-order valence-electron chi connectivity index (χ4n) is 1.69. The molecule has 0 saturated heterocycles. The third-order valence-corrected chi connectivity index (χ3v) is 3.35. The fraction of sp³-hybridized carbons (Fsp3) is 0.0714. The van der Waals surface area contributed by atoms with E-state index in [1.807, 2.05) is 0 Å². The molecule has 0 radical (unpaired) electrons. The highest BCUT2D eigenvalue weighted by Gasteiger charge is 2.14. The number of methoxy groups -OCH3 is 1. The highest BCUT2D eigenvalue weighted by atomic mass is 127. The van der Waals surface area contributed by atoms with E-state index < -0.39 is 5.91 Å². The smallest absolute Gasteiger partial charge is 0.259 e. The van der Waals surface area contributed by atoms with Gasteiger partial charge in [0.2, 0.25) is 0 Å². The number of aromatic hydroxyl groups is 1. The number of anilines is 2. The van der Waals surface area contributed by atoms with Crippen LogP contribution < -0.4 is 15.8 Å². The fourth-order valence-corrected chi connectivity index (χ4v) is 2.18. The number of ether oxygens (including phenoxy) is 1. The van der Waals surface area contributed by atoms with E-state index in [2.05, 4.69) is 27.9 Å². The Bertz CT molecular complexity index is 659. The van der Waals surface area contributed by atoms with Gasteiger partial charge in [0.25, 0.3) is 5.91 Å². The number of phenols is 1. The van der Waals surface area contributed by atoms with Crippen molar-refractivity contribution in [3.8, 4) is 11.5 Å². The minimum absolute atomic E-state index is 0.0719. The first-order chi connectivity index (χ1) is 9.51. The second-order valence-electron chi connectivity index (χ2n) is 4.08. The van der Waals surface area contributed by atoms with Crippen molar-refractivity contribution in [3.05, 3.63) is 45.5 Å². The quantitative estimate of drug-likeness (QED) is 0.561. The van der Waals surface area contributed by atoms with E-state index in [9.17, 15) is 9.90 Å². The molecule has 2 aromatic rings. The molecule has 0 aromatic heterocycles. The molecule has 0 unspecified atom stereocenters. The average molecular weight is 384 g/mol. The van der Waals surface area contributed by atoms with E-state index in [0.29, 0.717) is 17.1 Å². The number of hydrogen-bond donors (Lipinski definition) is 3. The number of nitrogens with one attached hydrogen (secondary N) is 1. The van der Waals surface area contributed by atoms with Crippen LogP contribution in [0.5, 0.6) is 11.5 Å². The number of nitrogens with two attached hydrogens (primary N) is 1. The summed E-state index contributed by atoms with van der Waals surface area (Å²) in [6, 6.07) is 9.73. The van der Waals surface area contributed by atoms with Crippen molar-refractivity contribution < 1.29 is 14.6 Å². The Morgan fingerprint density at radius 1 is 1.30 bits per heavy atom. The van der Waals surface area contributed by atoms with Crippen LogP contribution in [-0.4, -0.2) is 18.1 Å². The number of rotatable bonds is 3. The van der Waals surface area contributed by atoms with Crippen LogP contribution in [0, 0.1) is 3.57 Å². The van der Waals surface area contributed by atoms with Crippen LogP contribution in [0.4, 0.5) is 11.4 Å². The summed E-state index contributed by atoms with van der Waals surface area (Å²) < 4.78 is 6.01. The zero-order chi connectivity index (χ0) is 14.7. The number of nitrogen functional groups attached to an aromatic ring is 1.